The molecule has 0 spiro atoms. The molecule has 0 saturated heterocycles. The third kappa shape index (κ3) is 4.76. The Bertz CT molecular complexity index is 754. The van der Waals surface area contributed by atoms with Crippen LogP contribution < -0.4 is 5.32 Å². The third-order valence-electron chi connectivity index (χ3n) is 3.49. The summed E-state index contributed by atoms with van der Waals surface area (Å²) >= 11 is 1.60. The number of benzene rings is 1. The van der Waals surface area contributed by atoms with Crippen molar-refractivity contribution in [2.75, 3.05) is 0 Å². The van der Waals surface area contributed by atoms with Crippen molar-refractivity contribution in [1.29, 1.82) is 5.26 Å². The van der Waals surface area contributed by atoms with Crippen LogP contribution in [0.4, 0.5) is 0 Å². The van der Waals surface area contributed by atoms with Crippen molar-refractivity contribution in [1.82, 2.24) is 5.32 Å². The largest absolute Gasteiger partial charge is 0.352 e. The fraction of sp³-hybridized carbons (Fsp3) is 0.278. The predicted octanol–water partition coefficient (Wildman–Crippen LogP) is 3.52. The second-order valence-electron chi connectivity index (χ2n) is 5.34. The van der Waals surface area contributed by atoms with Gasteiger partial charge in [0.2, 0.25) is 5.91 Å². The minimum absolute atomic E-state index is 0.0142. The van der Waals surface area contributed by atoms with E-state index in [0.717, 1.165) is 20.9 Å². The van der Waals surface area contributed by atoms with Crippen LogP contribution in [-0.2, 0) is 11.3 Å². The van der Waals surface area contributed by atoms with Crippen LogP contribution in [-0.4, -0.2) is 11.7 Å². The minimum atomic E-state index is -0.146. The highest BCUT2D eigenvalue weighted by molar-refractivity contribution is 7.12. The SMILES string of the molecule is Cc1cc(C(=O)CCC(=O)NCc2ccc(C#N)cc2)c(C)s1. The van der Waals surface area contributed by atoms with Gasteiger partial charge in [-0.05, 0) is 37.6 Å². The molecule has 0 radical (unpaired) electrons. The zero-order chi connectivity index (χ0) is 16.8. The highest BCUT2D eigenvalue weighted by Gasteiger charge is 2.13. The van der Waals surface area contributed by atoms with Crippen LogP contribution in [0.1, 0.15) is 44.1 Å². The fourth-order valence-electron chi connectivity index (χ4n) is 2.26. The van der Waals surface area contributed by atoms with E-state index in [0.29, 0.717) is 12.1 Å². The maximum absolute atomic E-state index is 12.1. The zero-order valence-electron chi connectivity index (χ0n) is 13.2. The van der Waals surface area contributed by atoms with E-state index in [2.05, 4.69) is 5.32 Å². The summed E-state index contributed by atoms with van der Waals surface area (Å²) in [5, 5.41) is 11.5. The molecule has 1 heterocycles. The molecule has 0 aliphatic carbocycles. The average molecular weight is 326 g/mol. The molecule has 0 unspecified atom stereocenters. The highest BCUT2D eigenvalue weighted by Crippen LogP contribution is 2.22. The summed E-state index contributed by atoms with van der Waals surface area (Å²) in [4.78, 5) is 26.1. The van der Waals surface area contributed by atoms with Crippen LogP contribution in [0.15, 0.2) is 30.3 Å². The molecule has 1 amide bonds. The van der Waals surface area contributed by atoms with Gasteiger partial charge in [-0.2, -0.15) is 5.26 Å². The molecule has 5 heteroatoms. The van der Waals surface area contributed by atoms with Gasteiger partial charge >= 0.3 is 0 Å². The van der Waals surface area contributed by atoms with Gasteiger partial charge in [-0.1, -0.05) is 12.1 Å². The van der Waals surface area contributed by atoms with Gasteiger partial charge in [0.05, 0.1) is 11.6 Å². The Labute approximate surface area is 139 Å². The van der Waals surface area contributed by atoms with E-state index in [4.69, 9.17) is 5.26 Å². The van der Waals surface area contributed by atoms with Crippen LogP contribution >= 0.6 is 11.3 Å². The molecule has 2 aromatic rings. The molecule has 0 fully saturated rings. The Balaban J connectivity index is 1.79. The number of hydrogen-bond donors (Lipinski definition) is 1. The first-order valence-corrected chi connectivity index (χ1v) is 8.17. The number of nitrogens with one attached hydrogen (secondary N) is 1. The fourth-order valence-corrected chi connectivity index (χ4v) is 3.20. The van der Waals surface area contributed by atoms with Gasteiger partial charge in [0, 0.05) is 34.7 Å². The van der Waals surface area contributed by atoms with Crippen molar-refractivity contribution >= 4 is 23.0 Å². The lowest BCUT2D eigenvalue weighted by Gasteiger charge is -2.05. The second-order valence-corrected chi connectivity index (χ2v) is 6.80. The van der Waals surface area contributed by atoms with Gasteiger partial charge in [0.25, 0.3) is 0 Å². The normalized spacial score (nSPS) is 10.1. The summed E-state index contributed by atoms with van der Waals surface area (Å²) in [7, 11) is 0. The molecule has 0 saturated carbocycles. The van der Waals surface area contributed by atoms with Gasteiger partial charge in [-0.25, -0.2) is 0 Å². The van der Waals surface area contributed by atoms with Crippen molar-refractivity contribution in [3.63, 3.8) is 0 Å². The molecule has 4 nitrogen and oxygen atoms in total. The molecule has 1 aromatic heterocycles. The summed E-state index contributed by atoms with van der Waals surface area (Å²) < 4.78 is 0. The van der Waals surface area contributed by atoms with Crippen molar-refractivity contribution in [3.8, 4) is 6.07 Å². The van der Waals surface area contributed by atoms with Crippen LogP contribution in [0.2, 0.25) is 0 Å². The third-order valence-corrected chi connectivity index (χ3v) is 4.46. The number of thiophene rings is 1. The van der Waals surface area contributed by atoms with Crippen molar-refractivity contribution < 1.29 is 9.59 Å². The van der Waals surface area contributed by atoms with E-state index in [9.17, 15) is 9.59 Å². The molecule has 118 valence electrons. The molecule has 0 atom stereocenters. The van der Waals surface area contributed by atoms with Gasteiger partial charge in [0.15, 0.2) is 5.78 Å². The van der Waals surface area contributed by atoms with Crippen molar-refractivity contribution in [3.05, 3.63) is 56.8 Å². The van der Waals surface area contributed by atoms with Gasteiger partial charge in [-0.3, -0.25) is 9.59 Å². The molecular weight excluding hydrogens is 308 g/mol. The summed E-state index contributed by atoms with van der Waals surface area (Å²) in [5.41, 5.74) is 2.24. The molecule has 0 aliphatic heterocycles. The van der Waals surface area contributed by atoms with E-state index in [1.54, 1.807) is 23.5 Å². The zero-order valence-corrected chi connectivity index (χ0v) is 14.0. The van der Waals surface area contributed by atoms with Crippen LogP contribution in [0.3, 0.4) is 0 Å². The Hall–Kier alpha value is -2.45. The lowest BCUT2D eigenvalue weighted by molar-refractivity contribution is -0.121. The second kappa shape index (κ2) is 7.70. The van der Waals surface area contributed by atoms with Crippen molar-refractivity contribution in [2.24, 2.45) is 0 Å². The Kier molecular flexibility index (Phi) is 5.67. The quantitative estimate of drug-likeness (QED) is 0.826. The molecule has 23 heavy (non-hydrogen) atoms. The highest BCUT2D eigenvalue weighted by atomic mass is 32.1. The first-order chi connectivity index (χ1) is 11.0. The minimum Gasteiger partial charge on any atom is -0.352 e. The molecule has 1 aromatic carbocycles. The Morgan fingerprint density at radius 3 is 2.43 bits per heavy atom. The maximum Gasteiger partial charge on any atom is 0.220 e. The summed E-state index contributed by atoms with van der Waals surface area (Å²) in [6.45, 7) is 4.30. The number of nitrogens with zero attached hydrogens (tertiary/aromatic N) is 1. The van der Waals surface area contributed by atoms with Gasteiger partial charge in [0.1, 0.15) is 0 Å². The van der Waals surface area contributed by atoms with Crippen LogP contribution in [0.25, 0.3) is 0 Å². The van der Waals surface area contributed by atoms with E-state index in [1.807, 2.05) is 38.1 Å². The Morgan fingerprint density at radius 1 is 1.17 bits per heavy atom. The number of carbonyl (C=O) groups excluding carboxylic acids is 2. The first kappa shape index (κ1) is 16.9. The summed E-state index contributed by atoms with van der Waals surface area (Å²) in [5.74, 6) is -0.132. The topological polar surface area (TPSA) is 70.0 Å². The molecular formula is C18H18N2O2S. The van der Waals surface area contributed by atoms with Crippen molar-refractivity contribution in [2.45, 2.75) is 33.2 Å². The number of aryl methyl sites for hydroxylation is 2. The molecule has 0 aliphatic rings. The predicted molar refractivity (Wildman–Crippen MR) is 90.4 cm³/mol. The first-order valence-electron chi connectivity index (χ1n) is 7.35. The number of carbonyl (C=O) groups is 2. The van der Waals surface area contributed by atoms with E-state index < -0.39 is 0 Å². The van der Waals surface area contributed by atoms with Gasteiger partial charge < -0.3 is 5.32 Å². The summed E-state index contributed by atoms with van der Waals surface area (Å²) in [6, 6.07) is 11.0. The standard InChI is InChI=1S/C18H18N2O2S/c1-12-9-16(13(2)23-12)17(21)7-8-18(22)20-11-15-5-3-14(10-19)4-6-15/h3-6,9H,7-8,11H2,1-2H3,(H,20,22). The smallest absolute Gasteiger partial charge is 0.220 e. The Morgan fingerprint density at radius 2 is 1.87 bits per heavy atom. The molecule has 0 bridgehead atoms. The number of amides is 1. The number of rotatable bonds is 6. The maximum atomic E-state index is 12.1. The number of ketones is 1. The molecule has 2 rings (SSSR count). The monoisotopic (exact) mass is 326 g/mol. The van der Waals surface area contributed by atoms with E-state index in [-0.39, 0.29) is 24.5 Å². The number of hydrogen-bond acceptors (Lipinski definition) is 4. The van der Waals surface area contributed by atoms with E-state index >= 15 is 0 Å². The molecule has 1 N–H and O–H groups in total. The van der Waals surface area contributed by atoms with Crippen LogP contribution in [0, 0.1) is 25.2 Å². The lowest BCUT2D eigenvalue weighted by atomic mass is 10.1. The van der Waals surface area contributed by atoms with Gasteiger partial charge in [-0.15, -0.1) is 11.3 Å². The van der Waals surface area contributed by atoms with Crippen LogP contribution in [0.5, 0.6) is 0 Å². The number of nitriles is 1. The number of Topliss-reactive ketones (excluding diaryl/α,β-unsaturated/α-hetero) is 1. The lowest BCUT2D eigenvalue weighted by Crippen LogP contribution is -2.23. The average Bonchev–Trinajstić information content (AvgIpc) is 2.89. The van der Waals surface area contributed by atoms with E-state index in [1.165, 1.54) is 0 Å². The summed E-state index contributed by atoms with van der Waals surface area (Å²) in [6.07, 6.45) is 0.402.